The number of hydrogen-bond acceptors (Lipinski definition) is 0. The SMILES string of the molecule is Cc1cc(C)c(C[P+](c2ccccc2)(c2ccccc2)c2ccccc2)c(C)c1C. The molecule has 0 fully saturated rings. The van der Waals surface area contributed by atoms with E-state index < -0.39 is 7.26 Å². The highest BCUT2D eigenvalue weighted by Gasteiger charge is 2.46. The Hall–Kier alpha value is -2.69. The van der Waals surface area contributed by atoms with E-state index in [0.29, 0.717) is 0 Å². The van der Waals surface area contributed by atoms with Gasteiger partial charge in [0.2, 0.25) is 0 Å². The molecule has 4 aromatic rings. The van der Waals surface area contributed by atoms with E-state index in [4.69, 9.17) is 0 Å². The molecule has 0 saturated heterocycles. The summed E-state index contributed by atoms with van der Waals surface area (Å²) in [6, 6.07) is 35.9. The lowest BCUT2D eigenvalue weighted by molar-refractivity contribution is 1.16. The highest BCUT2D eigenvalue weighted by Crippen LogP contribution is 2.58. The first-order valence-electron chi connectivity index (χ1n) is 10.7. The van der Waals surface area contributed by atoms with E-state index >= 15 is 0 Å². The first kappa shape index (κ1) is 20.6. The molecular weight excluding hydrogens is 379 g/mol. The summed E-state index contributed by atoms with van der Waals surface area (Å²) >= 11 is 0. The van der Waals surface area contributed by atoms with Gasteiger partial charge in [-0.05, 0) is 91.9 Å². The van der Waals surface area contributed by atoms with E-state index in [9.17, 15) is 0 Å². The topological polar surface area (TPSA) is 0 Å². The molecule has 0 heterocycles. The Morgan fingerprint density at radius 3 is 1.30 bits per heavy atom. The number of rotatable bonds is 5. The molecule has 0 aliphatic rings. The van der Waals surface area contributed by atoms with Gasteiger partial charge in [-0.15, -0.1) is 0 Å². The standard InChI is InChI=1S/C29H30P/c1-22-20-23(2)29(25(4)24(22)3)21-30(26-14-8-5-9-15-26,27-16-10-6-11-17-27)28-18-12-7-13-19-28/h5-20H,21H2,1-4H3/q+1. The molecule has 1 heteroatoms. The Morgan fingerprint density at radius 1 is 0.500 bits per heavy atom. The molecule has 0 bridgehead atoms. The van der Waals surface area contributed by atoms with Crippen LogP contribution in [0.5, 0.6) is 0 Å². The fraction of sp³-hybridized carbons (Fsp3) is 0.172. The minimum Gasteiger partial charge on any atom is -0.0620 e. The molecule has 0 nitrogen and oxygen atoms in total. The van der Waals surface area contributed by atoms with E-state index in [0.717, 1.165) is 6.16 Å². The van der Waals surface area contributed by atoms with Gasteiger partial charge < -0.3 is 0 Å². The second-order valence-electron chi connectivity index (χ2n) is 8.21. The van der Waals surface area contributed by atoms with Gasteiger partial charge >= 0.3 is 0 Å². The van der Waals surface area contributed by atoms with Crippen LogP contribution >= 0.6 is 7.26 Å². The van der Waals surface area contributed by atoms with Crippen molar-refractivity contribution in [3.05, 3.63) is 125 Å². The minimum absolute atomic E-state index is 1.05. The fourth-order valence-corrected chi connectivity index (χ4v) is 9.03. The van der Waals surface area contributed by atoms with Gasteiger partial charge in [0.1, 0.15) is 23.2 Å². The Bertz CT molecular complexity index is 1030. The summed E-state index contributed by atoms with van der Waals surface area (Å²) in [5.41, 5.74) is 7.16. The largest absolute Gasteiger partial charge is 0.116 e. The van der Waals surface area contributed by atoms with Crippen LogP contribution in [0.3, 0.4) is 0 Å². The Kier molecular flexibility index (Phi) is 5.89. The second kappa shape index (κ2) is 8.58. The smallest absolute Gasteiger partial charge is 0.0620 e. The van der Waals surface area contributed by atoms with Crippen LogP contribution < -0.4 is 15.9 Å². The van der Waals surface area contributed by atoms with Gasteiger partial charge in [-0.3, -0.25) is 0 Å². The maximum Gasteiger partial charge on any atom is 0.116 e. The molecule has 4 rings (SSSR count). The van der Waals surface area contributed by atoms with Gasteiger partial charge in [-0.25, -0.2) is 0 Å². The van der Waals surface area contributed by atoms with Crippen LogP contribution in [-0.4, -0.2) is 0 Å². The Labute approximate surface area is 182 Å². The van der Waals surface area contributed by atoms with Gasteiger partial charge in [0, 0.05) is 0 Å². The van der Waals surface area contributed by atoms with E-state index in [1.165, 1.54) is 43.7 Å². The zero-order chi connectivity index (χ0) is 21.1. The van der Waals surface area contributed by atoms with Gasteiger partial charge in [-0.2, -0.15) is 0 Å². The zero-order valence-corrected chi connectivity index (χ0v) is 19.3. The summed E-state index contributed by atoms with van der Waals surface area (Å²) in [4.78, 5) is 0. The first-order chi connectivity index (χ1) is 14.5. The molecule has 0 aliphatic carbocycles. The van der Waals surface area contributed by atoms with Crippen LogP contribution in [0.15, 0.2) is 97.1 Å². The predicted octanol–water partition coefficient (Wildman–Crippen LogP) is 6.41. The van der Waals surface area contributed by atoms with Crippen molar-refractivity contribution in [2.24, 2.45) is 0 Å². The van der Waals surface area contributed by atoms with Crippen LogP contribution in [0.25, 0.3) is 0 Å². The zero-order valence-electron chi connectivity index (χ0n) is 18.4. The fourth-order valence-electron chi connectivity index (χ4n) is 4.59. The summed E-state index contributed by atoms with van der Waals surface area (Å²) in [5, 5.41) is 4.33. The van der Waals surface area contributed by atoms with Crippen molar-refractivity contribution in [3.8, 4) is 0 Å². The lowest BCUT2D eigenvalue weighted by atomic mass is 9.95. The van der Waals surface area contributed by atoms with Crippen molar-refractivity contribution in [3.63, 3.8) is 0 Å². The number of aryl methyl sites for hydroxylation is 2. The third kappa shape index (κ3) is 3.62. The van der Waals surface area contributed by atoms with Crippen LogP contribution in [0.2, 0.25) is 0 Å². The maximum absolute atomic E-state index is 2.37. The molecule has 0 atom stereocenters. The van der Waals surface area contributed by atoms with Crippen LogP contribution in [0, 0.1) is 27.7 Å². The van der Waals surface area contributed by atoms with E-state index in [-0.39, 0.29) is 0 Å². The molecule has 0 aromatic heterocycles. The van der Waals surface area contributed by atoms with Gasteiger partial charge in [0.05, 0.1) is 6.16 Å². The number of benzene rings is 4. The molecular formula is C29H30P+. The van der Waals surface area contributed by atoms with Crippen molar-refractivity contribution in [1.29, 1.82) is 0 Å². The Morgan fingerprint density at radius 2 is 0.900 bits per heavy atom. The number of hydrogen-bond donors (Lipinski definition) is 0. The molecule has 0 radical (unpaired) electrons. The van der Waals surface area contributed by atoms with E-state index in [1.54, 1.807) is 0 Å². The minimum atomic E-state index is -1.86. The quantitative estimate of drug-likeness (QED) is 0.334. The summed E-state index contributed by atoms with van der Waals surface area (Å²) in [7, 11) is -1.86. The van der Waals surface area contributed by atoms with Gasteiger partial charge in [0.25, 0.3) is 0 Å². The molecule has 0 saturated carbocycles. The summed E-state index contributed by atoms with van der Waals surface area (Å²) in [5.74, 6) is 0. The van der Waals surface area contributed by atoms with E-state index in [1.807, 2.05) is 0 Å². The summed E-state index contributed by atoms with van der Waals surface area (Å²) < 4.78 is 0. The van der Waals surface area contributed by atoms with Crippen LogP contribution in [0.1, 0.15) is 27.8 Å². The lowest BCUT2D eigenvalue weighted by Gasteiger charge is -2.29. The second-order valence-corrected chi connectivity index (χ2v) is 11.7. The van der Waals surface area contributed by atoms with Gasteiger partial charge in [0.15, 0.2) is 0 Å². The predicted molar refractivity (Wildman–Crippen MR) is 134 cm³/mol. The normalized spacial score (nSPS) is 11.5. The average Bonchev–Trinajstić information content (AvgIpc) is 2.80. The van der Waals surface area contributed by atoms with Crippen molar-refractivity contribution in [2.45, 2.75) is 33.9 Å². The average molecular weight is 410 g/mol. The molecule has 0 spiro atoms. The molecule has 0 unspecified atom stereocenters. The van der Waals surface area contributed by atoms with Gasteiger partial charge in [-0.1, -0.05) is 60.7 Å². The third-order valence-corrected chi connectivity index (χ3v) is 10.8. The summed E-state index contributed by atoms with van der Waals surface area (Å²) in [6.07, 6.45) is 1.05. The van der Waals surface area contributed by atoms with Crippen LogP contribution in [-0.2, 0) is 6.16 Å². The molecule has 0 N–H and O–H groups in total. The maximum atomic E-state index is 2.37. The molecule has 4 aromatic carbocycles. The molecule has 0 aliphatic heterocycles. The summed E-state index contributed by atoms with van der Waals surface area (Å²) in [6.45, 7) is 9.08. The Balaban J connectivity index is 2.05. The van der Waals surface area contributed by atoms with Crippen LogP contribution in [0.4, 0.5) is 0 Å². The van der Waals surface area contributed by atoms with Crippen molar-refractivity contribution >= 4 is 23.2 Å². The molecule has 150 valence electrons. The monoisotopic (exact) mass is 409 g/mol. The highest BCUT2D eigenvalue weighted by molar-refractivity contribution is 7.95. The van der Waals surface area contributed by atoms with Crippen molar-refractivity contribution in [1.82, 2.24) is 0 Å². The first-order valence-corrected chi connectivity index (χ1v) is 12.6. The van der Waals surface area contributed by atoms with Crippen molar-refractivity contribution < 1.29 is 0 Å². The lowest BCUT2D eigenvalue weighted by Crippen LogP contribution is -2.32. The third-order valence-electron chi connectivity index (χ3n) is 6.50. The molecule has 30 heavy (non-hydrogen) atoms. The molecule has 0 amide bonds. The van der Waals surface area contributed by atoms with E-state index in [2.05, 4.69) is 125 Å². The van der Waals surface area contributed by atoms with Crippen molar-refractivity contribution in [2.75, 3.05) is 0 Å². The highest BCUT2D eigenvalue weighted by atomic mass is 31.2.